The lowest BCUT2D eigenvalue weighted by atomic mass is 10.0. The SMILES string of the molecule is CNS(=O)(=O)c1sc(N(C)C(=O)Cc2ccc(-c3cc(C)cnc3N)cc2)nc1C. The van der Waals surface area contributed by atoms with E-state index in [4.69, 9.17) is 5.73 Å². The second-order valence-corrected chi connectivity index (χ2v) is 9.91. The molecule has 3 rings (SSSR count). The number of thiazole rings is 1. The largest absolute Gasteiger partial charge is 0.383 e. The summed E-state index contributed by atoms with van der Waals surface area (Å²) in [5.41, 5.74) is 9.94. The first-order valence-electron chi connectivity index (χ1n) is 9.11. The average Bonchev–Trinajstić information content (AvgIpc) is 3.12. The number of amides is 1. The number of hydrogen-bond acceptors (Lipinski definition) is 7. The molecule has 0 saturated heterocycles. The quantitative estimate of drug-likeness (QED) is 0.602. The molecule has 0 aliphatic carbocycles. The molecule has 3 N–H and O–H groups in total. The number of nitrogens with two attached hydrogens (primary N) is 1. The lowest BCUT2D eigenvalue weighted by Gasteiger charge is -2.14. The molecule has 0 aliphatic rings. The van der Waals surface area contributed by atoms with Gasteiger partial charge in [-0.05, 0) is 43.7 Å². The summed E-state index contributed by atoms with van der Waals surface area (Å²) in [5, 5.41) is 0.335. The number of sulfonamides is 1. The van der Waals surface area contributed by atoms with Gasteiger partial charge in [-0.2, -0.15) is 0 Å². The third-order valence-electron chi connectivity index (χ3n) is 4.59. The van der Waals surface area contributed by atoms with Crippen LogP contribution in [0.25, 0.3) is 11.1 Å². The predicted molar refractivity (Wildman–Crippen MR) is 119 cm³/mol. The molecule has 0 radical (unpaired) electrons. The molecular weight excluding hydrogens is 422 g/mol. The summed E-state index contributed by atoms with van der Waals surface area (Å²) in [6.45, 7) is 3.56. The van der Waals surface area contributed by atoms with Crippen molar-refractivity contribution in [3.8, 4) is 11.1 Å². The monoisotopic (exact) mass is 445 g/mol. The van der Waals surface area contributed by atoms with E-state index in [1.807, 2.05) is 37.3 Å². The van der Waals surface area contributed by atoms with Crippen LogP contribution in [0.3, 0.4) is 0 Å². The fourth-order valence-electron chi connectivity index (χ4n) is 2.87. The zero-order valence-corrected chi connectivity index (χ0v) is 18.8. The average molecular weight is 446 g/mol. The number of hydrogen-bond donors (Lipinski definition) is 2. The second-order valence-electron chi connectivity index (χ2n) is 6.85. The molecule has 8 nitrogen and oxygen atoms in total. The number of nitrogens with one attached hydrogen (secondary N) is 1. The molecule has 0 atom stereocenters. The highest BCUT2D eigenvalue weighted by molar-refractivity contribution is 7.91. The standard InChI is InChI=1S/C20H23N5O3S2/c1-12-9-16(18(21)23-11-12)15-7-5-14(6-8-15)10-17(26)25(4)20-24-13(2)19(29-20)30(27,28)22-3/h5-9,11,22H,10H2,1-4H3,(H2,21,23). The normalized spacial score (nSPS) is 11.5. The molecule has 0 spiro atoms. The molecule has 1 aromatic carbocycles. The van der Waals surface area contributed by atoms with E-state index in [0.717, 1.165) is 33.6 Å². The number of benzene rings is 1. The molecule has 10 heteroatoms. The van der Waals surface area contributed by atoms with Crippen molar-refractivity contribution in [1.82, 2.24) is 14.7 Å². The summed E-state index contributed by atoms with van der Waals surface area (Å²) in [5.74, 6) is 0.261. The summed E-state index contributed by atoms with van der Waals surface area (Å²) in [6, 6.07) is 9.51. The summed E-state index contributed by atoms with van der Waals surface area (Å²) in [4.78, 5) is 22.5. The maximum atomic E-state index is 12.7. The van der Waals surface area contributed by atoms with Crippen molar-refractivity contribution in [1.29, 1.82) is 0 Å². The van der Waals surface area contributed by atoms with Crippen LogP contribution >= 0.6 is 11.3 Å². The number of carbonyl (C=O) groups excluding carboxylic acids is 1. The fraction of sp³-hybridized carbons (Fsp3) is 0.250. The van der Waals surface area contributed by atoms with Gasteiger partial charge in [-0.25, -0.2) is 23.1 Å². The Morgan fingerprint density at radius 3 is 2.53 bits per heavy atom. The zero-order valence-electron chi connectivity index (χ0n) is 17.1. The van der Waals surface area contributed by atoms with Gasteiger partial charge in [0.15, 0.2) is 9.34 Å². The topological polar surface area (TPSA) is 118 Å². The molecule has 0 bridgehead atoms. The van der Waals surface area contributed by atoms with E-state index in [-0.39, 0.29) is 16.5 Å². The van der Waals surface area contributed by atoms with Gasteiger partial charge in [0.05, 0.1) is 12.1 Å². The van der Waals surface area contributed by atoms with E-state index >= 15 is 0 Å². The Labute approximate surface area is 179 Å². The lowest BCUT2D eigenvalue weighted by molar-refractivity contribution is -0.117. The van der Waals surface area contributed by atoms with Crippen LogP contribution in [-0.2, 0) is 21.2 Å². The number of aryl methyl sites for hydroxylation is 2. The second kappa shape index (κ2) is 8.50. The van der Waals surface area contributed by atoms with Crippen LogP contribution in [0.1, 0.15) is 16.8 Å². The highest BCUT2D eigenvalue weighted by Crippen LogP contribution is 2.30. The molecule has 0 aliphatic heterocycles. The van der Waals surface area contributed by atoms with Gasteiger partial charge in [0.1, 0.15) is 5.82 Å². The van der Waals surface area contributed by atoms with Crippen LogP contribution in [0.5, 0.6) is 0 Å². The van der Waals surface area contributed by atoms with Crippen molar-refractivity contribution in [2.75, 3.05) is 24.7 Å². The molecule has 0 fully saturated rings. The first-order valence-corrected chi connectivity index (χ1v) is 11.4. The predicted octanol–water partition coefficient (Wildman–Crippen LogP) is 2.52. The van der Waals surface area contributed by atoms with Gasteiger partial charge in [-0.15, -0.1) is 0 Å². The maximum Gasteiger partial charge on any atom is 0.251 e. The van der Waals surface area contributed by atoms with Crippen LogP contribution in [0.2, 0.25) is 0 Å². The first kappa shape index (κ1) is 21.9. The van der Waals surface area contributed by atoms with Gasteiger partial charge >= 0.3 is 0 Å². The number of nitrogen functional groups attached to an aromatic ring is 1. The van der Waals surface area contributed by atoms with Crippen molar-refractivity contribution in [2.45, 2.75) is 24.5 Å². The molecule has 3 aromatic rings. The van der Waals surface area contributed by atoms with E-state index in [2.05, 4.69) is 14.7 Å². The summed E-state index contributed by atoms with van der Waals surface area (Å²) in [7, 11) is -0.684. The molecule has 0 saturated carbocycles. The summed E-state index contributed by atoms with van der Waals surface area (Å²) >= 11 is 0.963. The third-order valence-corrected chi connectivity index (χ3v) is 7.85. The van der Waals surface area contributed by atoms with E-state index < -0.39 is 10.0 Å². The Morgan fingerprint density at radius 1 is 1.23 bits per heavy atom. The highest BCUT2D eigenvalue weighted by Gasteiger charge is 2.23. The van der Waals surface area contributed by atoms with Gasteiger partial charge in [0.25, 0.3) is 10.0 Å². The van der Waals surface area contributed by atoms with Gasteiger partial charge < -0.3 is 5.73 Å². The van der Waals surface area contributed by atoms with Gasteiger partial charge in [-0.1, -0.05) is 35.6 Å². The van der Waals surface area contributed by atoms with E-state index in [9.17, 15) is 13.2 Å². The van der Waals surface area contributed by atoms with Gasteiger partial charge in [0, 0.05) is 18.8 Å². The van der Waals surface area contributed by atoms with Crippen molar-refractivity contribution in [2.24, 2.45) is 0 Å². The van der Waals surface area contributed by atoms with Crippen molar-refractivity contribution >= 4 is 38.2 Å². The molecule has 0 unspecified atom stereocenters. The maximum absolute atomic E-state index is 12.7. The van der Waals surface area contributed by atoms with Crippen molar-refractivity contribution in [3.63, 3.8) is 0 Å². The number of carbonyl (C=O) groups is 1. The Morgan fingerprint density at radius 2 is 1.90 bits per heavy atom. The molecule has 158 valence electrons. The van der Waals surface area contributed by atoms with Crippen molar-refractivity contribution in [3.05, 3.63) is 53.3 Å². The van der Waals surface area contributed by atoms with Gasteiger partial charge in [0.2, 0.25) is 5.91 Å². The van der Waals surface area contributed by atoms with Crippen molar-refractivity contribution < 1.29 is 13.2 Å². The van der Waals surface area contributed by atoms with Crippen LogP contribution in [0, 0.1) is 13.8 Å². The van der Waals surface area contributed by atoms with Crippen LogP contribution < -0.4 is 15.4 Å². The Kier molecular flexibility index (Phi) is 6.20. The Bertz CT molecular complexity index is 1190. The third kappa shape index (κ3) is 4.50. The van der Waals surface area contributed by atoms with Crippen LogP contribution in [0.15, 0.2) is 40.7 Å². The van der Waals surface area contributed by atoms with Crippen LogP contribution in [0.4, 0.5) is 10.9 Å². The summed E-state index contributed by atoms with van der Waals surface area (Å²) < 4.78 is 26.5. The van der Waals surface area contributed by atoms with E-state index in [1.165, 1.54) is 11.9 Å². The number of nitrogens with zero attached hydrogens (tertiary/aromatic N) is 3. The number of anilines is 2. The lowest BCUT2D eigenvalue weighted by Crippen LogP contribution is -2.27. The number of rotatable bonds is 6. The minimum absolute atomic E-state index is 0.105. The molecule has 30 heavy (non-hydrogen) atoms. The zero-order chi connectivity index (χ0) is 22.1. The molecule has 2 heterocycles. The van der Waals surface area contributed by atoms with E-state index in [1.54, 1.807) is 20.2 Å². The molecule has 2 aromatic heterocycles. The Hall–Kier alpha value is -2.82. The molecular formula is C20H23N5O3S2. The number of pyridine rings is 1. The highest BCUT2D eigenvalue weighted by atomic mass is 32.2. The fourth-order valence-corrected chi connectivity index (χ4v) is 5.18. The number of likely N-dealkylation sites (N-methyl/N-ethyl adjacent to an activating group) is 1. The first-order chi connectivity index (χ1) is 14.1. The van der Waals surface area contributed by atoms with Crippen LogP contribution in [-0.4, -0.2) is 38.4 Å². The summed E-state index contributed by atoms with van der Waals surface area (Å²) in [6.07, 6.45) is 1.88. The van der Waals surface area contributed by atoms with Gasteiger partial charge in [-0.3, -0.25) is 9.69 Å². The molecule has 1 amide bonds. The smallest absolute Gasteiger partial charge is 0.251 e. The number of aromatic nitrogens is 2. The van der Waals surface area contributed by atoms with E-state index in [0.29, 0.717) is 16.6 Å². The minimum atomic E-state index is -3.61. The Balaban J connectivity index is 1.76. The minimum Gasteiger partial charge on any atom is -0.383 e.